The van der Waals surface area contributed by atoms with Crippen molar-refractivity contribution >= 4 is 0 Å². The number of rotatable bonds is 5. The lowest BCUT2D eigenvalue weighted by molar-refractivity contribution is 0.199. The zero-order chi connectivity index (χ0) is 11.3. The molecule has 1 aromatic rings. The topological polar surface area (TPSA) is 35.2 Å². The van der Waals surface area contributed by atoms with Gasteiger partial charge < -0.3 is 10.5 Å². The Balaban J connectivity index is 2.59. The molecular formula is C12H18FNO. The molecule has 2 nitrogen and oxygen atoms in total. The first-order valence-electron chi connectivity index (χ1n) is 5.26. The summed E-state index contributed by atoms with van der Waals surface area (Å²) in [5, 5.41) is 0. The van der Waals surface area contributed by atoms with Crippen LogP contribution in [-0.4, -0.2) is 12.6 Å². The van der Waals surface area contributed by atoms with Crippen molar-refractivity contribution < 1.29 is 9.13 Å². The van der Waals surface area contributed by atoms with Gasteiger partial charge in [0.15, 0.2) is 11.6 Å². The lowest BCUT2D eigenvalue weighted by Crippen LogP contribution is -2.14. The third-order valence-corrected chi connectivity index (χ3v) is 2.23. The number of halogens is 1. The molecule has 0 saturated carbocycles. The van der Waals surface area contributed by atoms with Crippen LogP contribution in [0.25, 0.3) is 0 Å². The number of nitrogens with two attached hydrogens (primary N) is 1. The van der Waals surface area contributed by atoms with Crippen LogP contribution in [0.3, 0.4) is 0 Å². The predicted octanol–water partition coefficient (Wildman–Crippen LogP) is 2.64. The van der Waals surface area contributed by atoms with Crippen LogP contribution < -0.4 is 10.5 Å². The fourth-order valence-electron chi connectivity index (χ4n) is 1.38. The summed E-state index contributed by atoms with van der Waals surface area (Å²) >= 11 is 0. The largest absolute Gasteiger partial charge is 0.488 e. The maximum absolute atomic E-state index is 13.3. The van der Waals surface area contributed by atoms with Crippen LogP contribution in [0.1, 0.15) is 25.3 Å². The molecule has 0 saturated heterocycles. The van der Waals surface area contributed by atoms with Crippen LogP contribution >= 0.6 is 0 Å². The smallest absolute Gasteiger partial charge is 0.165 e. The van der Waals surface area contributed by atoms with Crippen LogP contribution in [-0.2, 0) is 0 Å². The molecule has 0 bridgehead atoms. The Kier molecular flexibility index (Phi) is 4.56. The lowest BCUT2D eigenvalue weighted by atomic mass is 10.2. The minimum Gasteiger partial charge on any atom is -0.488 e. The van der Waals surface area contributed by atoms with Gasteiger partial charge in [0.25, 0.3) is 0 Å². The van der Waals surface area contributed by atoms with Crippen LogP contribution in [0.4, 0.5) is 4.39 Å². The second-order valence-electron chi connectivity index (χ2n) is 3.79. The molecule has 0 radical (unpaired) electrons. The van der Waals surface area contributed by atoms with Gasteiger partial charge in [-0.2, -0.15) is 0 Å². The standard InChI is InChI=1S/C12H18FNO/c1-9-5-6-11(13)12(8-9)15-10(2)4-3-7-14/h5-6,8,10H,3-4,7,14H2,1-2H3. The van der Waals surface area contributed by atoms with Gasteiger partial charge in [0.2, 0.25) is 0 Å². The highest BCUT2D eigenvalue weighted by atomic mass is 19.1. The van der Waals surface area contributed by atoms with Crippen molar-refractivity contribution in [2.45, 2.75) is 32.8 Å². The normalized spacial score (nSPS) is 12.5. The van der Waals surface area contributed by atoms with Gasteiger partial charge in [-0.25, -0.2) is 4.39 Å². The molecule has 0 spiro atoms. The van der Waals surface area contributed by atoms with Crippen molar-refractivity contribution in [2.75, 3.05) is 6.54 Å². The van der Waals surface area contributed by atoms with Crippen molar-refractivity contribution in [1.82, 2.24) is 0 Å². The van der Waals surface area contributed by atoms with Crippen molar-refractivity contribution in [2.24, 2.45) is 5.73 Å². The van der Waals surface area contributed by atoms with E-state index >= 15 is 0 Å². The quantitative estimate of drug-likeness (QED) is 0.812. The molecule has 2 N–H and O–H groups in total. The minimum atomic E-state index is -0.305. The summed E-state index contributed by atoms with van der Waals surface area (Å²) in [5.41, 5.74) is 6.39. The maximum atomic E-state index is 13.3. The summed E-state index contributed by atoms with van der Waals surface area (Å²) in [6.45, 7) is 4.48. The van der Waals surface area contributed by atoms with Gasteiger partial charge in [0, 0.05) is 0 Å². The third kappa shape index (κ3) is 3.88. The lowest BCUT2D eigenvalue weighted by Gasteiger charge is -2.15. The van der Waals surface area contributed by atoms with Crippen LogP contribution in [0.2, 0.25) is 0 Å². The minimum absolute atomic E-state index is 0.00449. The van der Waals surface area contributed by atoms with E-state index in [1.165, 1.54) is 6.07 Å². The summed E-state index contributed by atoms with van der Waals surface area (Å²) in [6.07, 6.45) is 1.75. The third-order valence-electron chi connectivity index (χ3n) is 2.23. The average molecular weight is 211 g/mol. The van der Waals surface area contributed by atoms with E-state index in [-0.39, 0.29) is 11.9 Å². The molecule has 1 aromatic carbocycles. The summed E-state index contributed by atoms with van der Waals surface area (Å²) < 4.78 is 18.8. The van der Waals surface area contributed by atoms with E-state index < -0.39 is 0 Å². The molecule has 0 aliphatic heterocycles. The molecular weight excluding hydrogens is 193 g/mol. The fourth-order valence-corrected chi connectivity index (χ4v) is 1.38. The van der Waals surface area contributed by atoms with E-state index in [2.05, 4.69) is 0 Å². The number of benzene rings is 1. The Hall–Kier alpha value is -1.09. The molecule has 3 heteroatoms. The second-order valence-corrected chi connectivity index (χ2v) is 3.79. The number of hydrogen-bond donors (Lipinski definition) is 1. The van der Waals surface area contributed by atoms with Gasteiger partial charge in [0.05, 0.1) is 6.10 Å². The molecule has 0 aliphatic rings. The van der Waals surface area contributed by atoms with Crippen molar-refractivity contribution in [1.29, 1.82) is 0 Å². The molecule has 0 amide bonds. The Morgan fingerprint density at radius 3 is 2.87 bits per heavy atom. The van der Waals surface area contributed by atoms with Gasteiger partial charge >= 0.3 is 0 Å². The zero-order valence-electron chi connectivity index (χ0n) is 9.29. The fraction of sp³-hybridized carbons (Fsp3) is 0.500. The van der Waals surface area contributed by atoms with Gasteiger partial charge in [-0.15, -0.1) is 0 Å². The van der Waals surface area contributed by atoms with Crippen LogP contribution in [0, 0.1) is 12.7 Å². The van der Waals surface area contributed by atoms with Crippen LogP contribution in [0.15, 0.2) is 18.2 Å². The van der Waals surface area contributed by atoms with Crippen molar-refractivity contribution in [3.8, 4) is 5.75 Å². The summed E-state index contributed by atoms with van der Waals surface area (Å²) in [6, 6.07) is 4.88. The molecule has 15 heavy (non-hydrogen) atoms. The van der Waals surface area contributed by atoms with Crippen molar-refractivity contribution in [3.05, 3.63) is 29.6 Å². The van der Waals surface area contributed by atoms with Crippen molar-refractivity contribution in [3.63, 3.8) is 0 Å². The van der Waals surface area contributed by atoms with Crippen LogP contribution in [0.5, 0.6) is 5.75 Å². The van der Waals surface area contributed by atoms with Gasteiger partial charge in [-0.05, 0) is 50.9 Å². The predicted molar refractivity (Wildman–Crippen MR) is 59.5 cm³/mol. The van der Waals surface area contributed by atoms with Gasteiger partial charge in [-0.3, -0.25) is 0 Å². The first-order chi connectivity index (χ1) is 7.13. The second kappa shape index (κ2) is 5.71. The average Bonchev–Trinajstić information content (AvgIpc) is 2.20. The highest BCUT2D eigenvalue weighted by molar-refractivity contribution is 5.29. The SMILES string of the molecule is Cc1ccc(F)c(OC(C)CCCN)c1. The number of ether oxygens (including phenoxy) is 1. The number of hydrogen-bond acceptors (Lipinski definition) is 2. The summed E-state index contributed by atoms with van der Waals surface area (Å²) in [5.74, 6) is 0.0275. The Labute approximate surface area is 90.2 Å². The maximum Gasteiger partial charge on any atom is 0.165 e. The Morgan fingerprint density at radius 2 is 2.20 bits per heavy atom. The molecule has 1 rings (SSSR count). The first-order valence-corrected chi connectivity index (χ1v) is 5.26. The molecule has 0 aliphatic carbocycles. The highest BCUT2D eigenvalue weighted by Gasteiger charge is 2.08. The Bertz CT molecular complexity index is 314. The van der Waals surface area contributed by atoms with E-state index in [1.807, 2.05) is 13.8 Å². The first kappa shape index (κ1) is 12.0. The number of aryl methyl sites for hydroxylation is 1. The highest BCUT2D eigenvalue weighted by Crippen LogP contribution is 2.20. The molecule has 0 aromatic heterocycles. The van der Waals surface area contributed by atoms with Gasteiger partial charge in [0.1, 0.15) is 0 Å². The van der Waals surface area contributed by atoms with E-state index in [0.717, 1.165) is 18.4 Å². The Morgan fingerprint density at radius 1 is 1.47 bits per heavy atom. The molecule has 1 unspecified atom stereocenters. The molecule has 1 atom stereocenters. The monoisotopic (exact) mass is 211 g/mol. The van der Waals surface area contributed by atoms with E-state index in [0.29, 0.717) is 12.3 Å². The zero-order valence-corrected chi connectivity index (χ0v) is 9.29. The summed E-state index contributed by atoms with van der Waals surface area (Å²) in [7, 11) is 0. The van der Waals surface area contributed by atoms with E-state index in [9.17, 15) is 4.39 Å². The molecule has 84 valence electrons. The van der Waals surface area contributed by atoms with E-state index in [1.54, 1.807) is 12.1 Å². The molecule has 0 fully saturated rings. The summed E-state index contributed by atoms with van der Waals surface area (Å²) in [4.78, 5) is 0. The van der Waals surface area contributed by atoms with E-state index in [4.69, 9.17) is 10.5 Å². The molecule has 0 heterocycles. The van der Waals surface area contributed by atoms with Gasteiger partial charge in [-0.1, -0.05) is 6.07 Å².